The molecule has 1 heterocycles. The Labute approximate surface area is 135 Å². The van der Waals surface area contributed by atoms with E-state index >= 15 is 0 Å². The van der Waals surface area contributed by atoms with E-state index in [0.29, 0.717) is 5.02 Å². The molecule has 0 aromatic heterocycles. The van der Waals surface area contributed by atoms with Crippen LogP contribution in [0.4, 0.5) is 5.69 Å². The lowest BCUT2D eigenvalue weighted by atomic mass is 10.2. The number of hydrogen-bond donors (Lipinski definition) is 1. The maximum absolute atomic E-state index is 12.4. The van der Waals surface area contributed by atoms with Crippen LogP contribution in [-0.4, -0.2) is 36.0 Å². The average molecular weight is 325 g/mol. The number of nitrogens with zero attached hydrogens (tertiary/aromatic N) is 1. The molecule has 1 aliphatic rings. The summed E-state index contributed by atoms with van der Waals surface area (Å²) in [6.07, 6.45) is 3.45. The van der Waals surface area contributed by atoms with Crippen molar-refractivity contribution in [1.29, 1.82) is 0 Å². The summed E-state index contributed by atoms with van der Waals surface area (Å²) in [5, 5.41) is 0.447. The molecule has 2 N–H and O–H groups in total. The van der Waals surface area contributed by atoms with Crippen molar-refractivity contribution in [3.63, 3.8) is 0 Å². The van der Waals surface area contributed by atoms with E-state index in [1.165, 1.54) is 12.1 Å². The summed E-state index contributed by atoms with van der Waals surface area (Å²) in [6.45, 7) is 3.05. The van der Waals surface area contributed by atoms with Gasteiger partial charge in [0.15, 0.2) is 6.10 Å². The predicted molar refractivity (Wildman–Crippen MR) is 85.8 cm³/mol. The number of carbonyl (C=O) groups excluding carboxylic acids is 2. The fraction of sp³-hybridized carbons (Fsp3) is 0.500. The number of ether oxygens (including phenoxy) is 1. The molecule has 2 rings (SSSR count). The van der Waals surface area contributed by atoms with Crippen molar-refractivity contribution < 1.29 is 14.3 Å². The number of nitrogens with two attached hydrogens (primary N) is 1. The molecular formula is C16H21ClN2O3. The second kappa shape index (κ2) is 7.49. The molecular weight excluding hydrogens is 304 g/mol. The van der Waals surface area contributed by atoms with Crippen LogP contribution in [0.15, 0.2) is 18.2 Å². The number of amides is 1. The quantitative estimate of drug-likeness (QED) is 0.685. The van der Waals surface area contributed by atoms with Gasteiger partial charge in [-0.3, -0.25) is 4.79 Å². The van der Waals surface area contributed by atoms with Crippen LogP contribution < -0.4 is 5.73 Å². The first-order valence-corrected chi connectivity index (χ1v) is 7.91. The molecule has 1 atom stereocenters. The highest BCUT2D eigenvalue weighted by Gasteiger charge is 2.25. The fourth-order valence-electron chi connectivity index (χ4n) is 2.54. The van der Waals surface area contributed by atoms with Crippen LogP contribution in [0.2, 0.25) is 5.02 Å². The van der Waals surface area contributed by atoms with E-state index in [2.05, 4.69) is 0 Å². The summed E-state index contributed by atoms with van der Waals surface area (Å²) in [6, 6.07) is 4.55. The molecule has 0 aliphatic carbocycles. The Balaban J connectivity index is 1.99. The van der Waals surface area contributed by atoms with E-state index in [4.69, 9.17) is 22.1 Å². The Morgan fingerprint density at radius 1 is 1.23 bits per heavy atom. The molecule has 1 fully saturated rings. The Hall–Kier alpha value is -1.75. The third-order valence-electron chi connectivity index (χ3n) is 3.78. The van der Waals surface area contributed by atoms with Gasteiger partial charge < -0.3 is 15.4 Å². The maximum atomic E-state index is 12.4. The Bertz CT molecular complexity index is 554. The van der Waals surface area contributed by atoms with Gasteiger partial charge in [-0.1, -0.05) is 24.4 Å². The number of anilines is 1. The van der Waals surface area contributed by atoms with Crippen LogP contribution in [0.5, 0.6) is 0 Å². The predicted octanol–water partition coefficient (Wildman–Crippen LogP) is 2.87. The van der Waals surface area contributed by atoms with E-state index < -0.39 is 12.1 Å². The molecule has 1 saturated heterocycles. The molecule has 1 aromatic carbocycles. The topological polar surface area (TPSA) is 72.6 Å². The molecule has 1 aliphatic heterocycles. The molecule has 0 spiro atoms. The Morgan fingerprint density at radius 2 is 1.86 bits per heavy atom. The minimum atomic E-state index is -0.819. The molecule has 1 unspecified atom stereocenters. The summed E-state index contributed by atoms with van der Waals surface area (Å²) in [4.78, 5) is 26.3. The second-order valence-corrected chi connectivity index (χ2v) is 5.96. The maximum Gasteiger partial charge on any atom is 0.341 e. The van der Waals surface area contributed by atoms with E-state index in [1.807, 2.05) is 0 Å². The number of carbonyl (C=O) groups is 2. The molecule has 6 heteroatoms. The monoisotopic (exact) mass is 324 g/mol. The number of esters is 1. The van der Waals surface area contributed by atoms with E-state index in [0.717, 1.165) is 38.8 Å². The van der Waals surface area contributed by atoms with Crippen LogP contribution in [0, 0.1) is 0 Å². The number of halogens is 1. The second-order valence-electron chi connectivity index (χ2n) is 5.52. The van der Waals surface area contributed by atoms with Gasteiger partial charge in [-0.2, -0.15) is 0 Å². The summed E-state index contributed by atoms with van der Waals surface area (Å²) in [7, 11) is 0. The van der Waals surface area contributed by atoms with Gasteiger partial charge in [0.05, 0.1) is 5.56 Å². The van der Waals surface area contributed by atoms with Crippen molar-refractivity contribution in [2.45, 2.75) is 38.7 Å². The zero-order valence-electron chi connectivity index (χ0n) is 12.7. The third kappa shape index (κ3) is 4.13. The van der Waals surface area contributed by atoms with E-state index in [9.17, 15) is 9.59 Å². The van der Waals surface area contributed by atoms with Crippen LogP contribution in [0.1, 0.15) is 43.0 Å². The van der Waals surface area contributed by atoms with Crippen LogP contribution >= 0.6 is 11.6 Å². The standard InChI is InChI=1S/C16H21ClN2O3/c1-11(15(20)19-8-4-2-3-5-9-19)22-16(21)13-7-6-12(17)10-14(13)18/h6-7,10-11H,2-5,8-9,18H2,1H3. The van der Waals surface area contributed by atoms with Crippen molar-refractivity contribution in [3.8, 4) is 0 Å². The van der Waals surface area contributed by atoms with Crippen molar-refractivity contribution in [3.05, 3.63) is 28.8 Å². The molecule has 0 bridgehead atoms. The third-order valence-corrected chi connectivity index (χ3v) is 4.02. The SMILES string of the molecule is CC(OC(=O)c1ccc(Cl)cc1N)C(=O)N1CCCCCC1. The van der Waals surface area contributed by atoms with Gasteiger partial charge in [0.1, 0.15) is 0 Å². The lowest BCUT2D eigenvalue weighted by Gasteiger charge is -2.24. The van der Waals surface area contributed by atoms with E-state index in [1.54, 1.807) is 17.9 Å². The van der Waals surface area contributed by atoms with Crippen LogP contribution in [0.25, 0.3) is 0 Å². The normalized spacial score (nSPS) is 16.7. The number of rotatable bonds is 3. The largest absolute Gasteiger partial charge is 0.449 e. The molecule has 0 radical (unpaired) electrons. The summed E-state index contributed by atoms with van der Waals surface area (Å²) < 4.78 is 5.26. The van der Waals surface area contributed by atoms with Crippen LogP contribution in [-0.2, 0) is 9.53 Å². The lowest BCUT2D eigenvalue weighted by Crippen LogP contribution is -2.40. The summed E-state index contributed by atoms with van der Waals surface area (Å²) in [5.74, 6) is -0.757. The highest BCUT2D eigenvalue weighted by Crippen LogP contribution is 2.20. The summed E-state index contributed by atoms with van der Waals surface area (Å²) >= 11 is 5.80. The van der Waals surface area contributed by atoms with Crippen molar-refractivity contribution >= 4 is 29.2 Å². The Kier molecular flexibility index (Phi) is 5.66. The van der Waals surface area contributed by atoms with Gasteiger partial charge in [0.25, 0.3) is 5.91 Å². The Morgan fingerprint density at radius 3 is 2.45 bits per heavy atom. The minimum Gasteiger partial charge on any atom is -0.449 e. The first-order chi connectivity index (χ1) is 10.5. The van der Waals surface area contributed by atoms with Crippen molar-refractivity contribution in [2.75, 3.05) is 18.8 Å². The molecule has 120 valence electrons. The van der Waals surface area contributed by atoms with Gasteiger partial charge in [0, 0.05) is 23.8 Å². The van der Waals surface area contributed by atoms with Crippen molar-refractivity contribution in [1.82, 2.24) is 4.90 Å². The van der Waals surface area contributed by atoms with Gasteiger partial charge in [-0.15, -0.1) is 0 Å². The average Bonchev–Trinajstić information content (AvgIpc) is 2.75. The minimum absolute atomic E-state index is 0.150. The first-order valence-electron chi connectivity index (χ1n) is 7.54. The number of nitrogen functional groups attached to an aromatic ring is 1. The molecule has 0 saturated carbocycles. The van der Waals surface area contributed by atoms with Gasteiger partial charge >= 0.3 is 5.97 Å². The van der Waals surface area contributed by atoms with E-state index in [-0.39, 0.29) is 17.2 Å². The van der Waals surface area contributed by atoms with Crippen LogP contribution in [0.3, 0.4) is 0 Å². The molecule has 22 heavy (non-hydrogen) atoms. The highest BCUT2D eigenvalue weighted by atomic mass is 35.5. The molecule has 5 nitrogen and oxygen atoms in total. The van der Waals surface area contributed by atoms with Gasteiger partial charge in [0.2, 0.25) is 0 Å². The van der Waals surface area contributed by atoms with Gasteiger partial charge in [-0.25, -0.2) is 4.79 Å². The number of likely N-dealkylation sites (tertiary alicyclic amines) is 1. The fourth-order valence-corrected chi connectivity index (χ4v) is 2.72. The summed E-state index contributed by atoms with van der Waals surface area (Å²) in [5.41, 5.74) is 6.22. The number of benzene rings is 1. The molecule has 1 aromatic rings. The zero-order valence-corrected chi connectivity index (χ0v) is 13.4. The van der Waals surface area contributed by atoms with Gasteiger partial charge in [-0.05, 0) is 38.0 Å². The zero-order chi connectivity index (χ0) is 16.1. The van der Waals surface area contributed by atoms with Crippen molar-refractivity contribution in [2.24, 2.45) is 0 Å². The lowest BCUT2D eigenvalue weighted by molar-refractivity contribution is -0.139. The smallest absolute Gasteiger partial charge is 0.341 e. The highest BCUT2D eigenvalue weighted by molar-refractivity contribution is 6.31. The molecule has 1 amide bonds. The number of hydrogen-bond acceptors (Lipinski definition) is 4. The first kappa shape index (κ1) is 16.6.